The Kier molecular flexibility index (Phi) is 4.69. The second kappa shape index (κ2) is 6.10. The molecule has 0 saturated carbocycles. The summed E-state index contributed by atoms with van der Waals surface area (Å²) in [5, 5.41) is 3.58. The van der Waals surface area contributed by atoms with Crippen LogP contribution in [0.3, 0.4) is 0 Å². The van der Waals surface area contributed by atoms with Crippen molar-refractivity contribution >= 4 is 24.2 Å². The Morgan fingerprint density at radius 2 is 2.26 bits per heavy atom. The largest absolute Gasteiger partial charge is 0.312 e. The number of benzene rings is 1. The minimum absolute atomic E-state index is 0.288. The molecule has 1 unspecified atom stereocenters. The summed E-state index contributed by atoms with van der Waals surface area (Å²) in [5.74, 6) is 1.97. The molecule has 1 N–H and O–H groups in total. The maximum Gasteiger partial charge on any atom is 0.0760 e. The summed E-state index contributed by atoms with van der Waals surface area (Å²) in [6.07, 6.45) is 2.53. The van der Waals surface area contributed by atoms with Crippen LogP contribution >= 0.6 is 11.8 Å². The third-order valence-electron chi connectivity index (χ3n) is 3.71. The quantitative estimate of drug-likeness (QED) is 0.658. The van der Waals surface area contributed by atoms with E-state index in [9.17, 15) is 0 Å². The summed E-state index contributed by atoms with van der Waals surface area (Å²) in [6.45, 7) is 11.5. The first-order chi connectivity index (χ1) is 9.00. The van der Waals surface area contributed by atoms with E-state index in [1.165, 1.54) is 29.1 Å². The van der Waals surface area contributed by atoms with Crippen LogP contribution in [0.2, 0.25) is 0 Å². The van der Waals surface area contributed by atoms with E-state index >= 15 is 0 Å². The molecule has 104 valence electrons. The van der Waals surface area contributed by atoms with Crippen molar-refractivity contribution in [2.45, 2.75) is 44.0 Å². The summed E-state index contributed by atoms with van der Waals surface area (Å²) in [7, 11) is 0. The third-order valence-corrected chi connectivity index (χ3v) is 5.01. The summed E-state index contributed by atoms with van der Waals surface area (Å²) in [5.41, 5.74) is 2.56. The standard InChI is InChI=1S/C16H24N2S/c1-12-5-6-15(14(9-12)17-4)19-11-13-7-8-18-16(2,3)10-13/h5-6,9,13,18H,4,7-8,10-11H2,1-3H3. The number of nitrogens with zero attached hydrogens (tertiary/aromatic N) is 1. The first kappa shape index (κ1) is 14.6. The van der Waals surface area contributed by atoms with Gasteiger partial charge in [0.2, 0.25) is 0 Å². The van der Waals surface area contributed by atoms with Crippen molar-refractivity contribution in [3.05, 3.63) is 23.8 Å². The summed E-state index contributed by atoms with van der Waals surface area (Å²) in [4.78, 5) is 5.40. The second-order valence-electron chi connectivity index (χ2n) is 6.11. The molecule has 0 amide bonds. The van der Waals surface area contributed by atoms with Gasteiger partial charge in [0.05, 0.1) is 5.69 Å². The lowest BCUT2D eigenvalue weighted by Gasteiger charge is -2.36. The number of aryl methyl sites for hydroxylation is 1. The van der Waals surface area contributed by atoms with Gasteiger partial charge in [0, 0.05) is 16.2 Å². The van der Waals surface area contributed by atoms with Gasteiger partial charge in [-0.3, -0.25) is 4.99 Å². The van der Waals surface area contributed by atoms with Crippen molar-refractivity contribution in [2.75, 3.05) is 12.3 Å². The molecule has 0 bridgehead atoms. The molecule has 0 aromatic heterocycles. The van der Waals surface area contributed by atoms with Gasteiger partial charge in [0.25, 0.3) is 0 Å². The zero-order valence-corrected chi connectivity index (χ0v) is 13.0. The highest BCUT2D eigenvalue weighted by atomic mass is 32.2. The number of aliphatic imine (C=N–C) groups is 1. The molecule has 19 heavy (non-hydrogen) atoms. The van der Waals surface area contributed by atoms with Crippen LogP contribution in [0.1, 0.15) is 32.3 Å². The first-order valence-corrected chi connectivity index (χ1v) is 7.94. The van der Waals surface area contributed by atoms with Crippen molar-refractivity contribution in [2.24, 2.45) is 10.9 Å². The van der Waals surface area contributed by atoms with Crippen LogP contribution in [0.5, 0.6) is 0 Å². The SMILES string of the molecule is C=Nc1cc(C)ccc1SCC1CCNC(C)(C)C1. The predicted molar refractivity (Wildman–Crippen MR) is 85.9 cm³/mol. The van der Waals surface area contributed by atoms with Crippen molar-refractivity contribution in [3.63, 3.8) is 0 Å². The van der Waals surface area contributed by atoms with Gasteiger partial charge in [0.15, 0.2) is 0 Å². The fourth-order valence-electron chi connectivity index (χ4n) is 2.73. The van der Waals surface area contributed by atoms with E-state index in [1.807, 2.05) is 11.8 Å². The maximum absolute atomic E-state index is 4.14. The highest BCUT2D eigenvalue weighted by molar-refractivity contribution is 7.99. The Morgan fingerprint density at radius 3 is 2.95 bits per heavy atom. The Bertz CT molecular complexity index is 454. The van der Waals surface area contributed by atoms with Crippen LogP contribution in [0, 0.1) is 12.8 Å². The number of thioether (sulfide) groups is 1. The highest BCUT2D eigenvalue weighted by Gasteiger charge is 2.27. The molecule has 1 fully saturated rings. The molecule has 1 aliphatic heterocycles. The molecule has 1 aromatic rings. The van der Waals surface area contributed by atoms with E-state index in [2.05, 4.69) is 56.0 Å². The lowest BCUT2D eigenvalue weighted by molar-refractivity contribution is 0.246. The van der Waals surface area contributed by atoms with Crippen molar-refractivity contribution in [1.82, 2.24) is 5.32 Å². The van der Waals surface area contributed by atoms with Crippen LogP contribution in [-0.4, -0.2) is 24.6 Å². The average molecular weight is 276 g/mol. The number of hydrogen-bond acceptors (Lipinski definition) is 3. The Morgan fingerprint density at radius 1 is 1.47 bits per heavy atom. The smallest absolute Gasteiger partial charge is 0.0760 e. The lowest BCUT2D eigenvalue weighted by atomic mass is 9.86. The number of nitrogens with one attached hydrogen (secondary N) is 1. The predicted octanol–water partition coefficient (Wildman–Crippen LogP) is 4.20. The molecule has 0 aliphatic carbocycles. The molecule has 3 heteroatoms. The van der Waals surface area contributed by atoms with E-state index in [0.29, 0.717) is 0 Å². The van der Waals surface area contributed by atoms with E-state index in [4.69, 9.17) is 0 Å². The number of rotatable bonds is 4. The van der Waals surface area contributed by atoms with E-state index < -0.39 is 0 Å². The Balaban J connectivity index is 1.97. The molecule has 1 aromatic carbocycles. The molecule has 0 radical (unpaired) electrons. The van der Waals surface area contributed by atoms with E-state index in [-0.39, 0.29) is 5.54 Å². The van der Waals surface area contributed by atoms with Gasteiger partial charge in [-0.15, -0.1) is 11.8 Å². The van der Waals surface area contributed by atoms with Gasteiger partial charge >= 0.3 is 0 Å². The summed E-state index contributed by atoms with van der Waals surface area (Å²) in [6, 6.07) is 6.45. The topological polar surface area (TPSA) is 24.4 Å². The second-order valence-corrected chi connectivity index (χ2v) is 7.17. The minimum atomic E-state index is 0.288. The molecule has 1 saturated heterocycles. The summed E-state index contributed by atoms with van der Waals surface area (Å²) < 4.78 is 0. The van der Waals surface area contributed by atoms with Crippen LogP contribution in [0.15, 0.2) is 28.1 Å². The number of piperidine rings is 1. The van der Waals surface area contributed by atoms with Gasteiger partial charge in [-0.2, -0.15) is 0 Å². The zero-order chi connectivity index (χ0) is 13.9. The van der Waals surface area contributed by atoms with Gasteiger partial charge in [0.1, 0.15) is 0 Å². The molecular weight excluding hydrogens is 252 g/mol. The Labute approximate surface area is 121 Å². The van der Waals surface area contributed by atoms with E-state index in [1.54, 1.807) is 0 Å². The molecule has 1 atom stereocenters. The highest BCUT2D eigenvalue weighted by Crippen LogP contribution is 2.34. The monoisotopic (exact) mass is 276 g/mol. The Hall–Kier alpha value is -0.800. The average Bonchev–Trinajstić information content (AvgIpc) is 2.36. The number of hydrogen-bond donors (Lipinski definition) is 1. The van der Waals surface area contributed by atoms with Gasteiger partial charge in [-0.1, -0.05) is 6.07 Å². The zero-order valence-electron chi connectivity index (χ0n) is 12.2. The van der Waals surface area contributed by atoms with Crippen molar-refractivity contribution in [3.8, 4) is 0 Å². The third kappa shape index (κ3) is 4.08. The summed E-state index contributed by atoms with van der Waals surface area (Å²) >= 11 is 1.93. The van der Waals surface area contributed by atoms with Crippen LogP contribution in [0.25, 0.3) is 0 Å². The lowest BCUT2D eigenvalue weighted by Crippen LogP contribution is -2.46. The van der Waals surface area contributed by atoms with Gasteiger partial charge in [-0.05, 0) is 70.5 Å². The normalized spacial score (nSPS) is 22.2. The van der Waals surface area contributed by atoms with Crippen LogP contribution < -0.4 is 5.32 Å². The molecule has 1 aliphatic rings. The van der Waals surface area contributed by atoms with Crippen molar-refractivity contribution in [1.29, 1.82) is 0 Å². The van der Waals surface area contributed by atoms with Crippen LogP contribution in [-0.2, 0) is 0 Å². The molecule has 1 heterocycles. The molecular formula is C16H24N2S. The van der Waals surface area contributed by atoms with E-state index in [0.717, 1.165) is 18.2 Å². The first-order valence-electron chi connectivity index (χ1n) is 6.95. The molecule has 2 rings (SSSR count). The molecule has 0 spiro atoms. The fourth-order valence-corrected chi connectivity index (χ4v) is 3.87. The van der Waals surface area contributed by atoms with Crippen LogP contribution in [0.4, 0.5) is 5.69 Å². The molecule has 2 nitrogen and oxygen atoms in total. The van der Waals surface area contributed by atoms with Gasteiger partial charge < -0.3 is 5.32 Å². The van der Waals surface area contributed by atoms with Crippen molar-refractivity contribution < 1.29 is 0 Å². The minimum Gasteiger partial charge on any atom is -0.312 e. The maximum atomic E-state index is 4.14. The van der Waals surface area contributed by atoms with Gasteiger partial charge in [-0.25, -0.2) is 0 Å². The fraction of sp³-hybridized carbons (Fsp3) is 0.562.